The van der Waals surface area contributed by atoms with Crippen LogP contribution in [0, 0.1) is 0 Å². The van der Waals surface area contributed by atoms with Crippen molar-refractivity contribution in [2.45, 2.75) is 32.0 Å². The summed E-state index contributed by atoms with van der Waals surface area (Å²) >= 11 is 6.38. The van der Waals surface area contributed by atoms with Crippen LogP contribution in [0.15, 0.2) is 54.6 Å². The van der Waals surface area contributed by atoms with Gasteiger partial charge >= 0.3 is 0 Å². The zero-order valence-electron chi connectivity index (χ0n) is 12.7. The van der Waals surface area contributed by atoms with Gasteiger partial charge in [-0.15, -0.1) is 0 Å². The highest BCUT2D eigenvalue weighted by Crippen LogP contribution is 2.30. The Bertz CT molecular complexity index is 556. The van der Waals surface area contributed by atoms with Gasteiger partial charge in [-0.2, -0.15) is 0 Å². The van der Waals surface area contributed by atoms with Gasteiger partial charge in [0.05, 0.1) is 6.04 Å². The van der Waals surface area contributed by atoms with Crippen molar-refractivity contribution in [2.75, 3.05) is 7.05 Å². The second-order valence-corrected chi connectivity index (χ2v) is 5.85. The Morgan fingerprint density at radius 2 is 1.67 bits per heavy atom. The van der Waals surface area contributed by atoms with Crippen molar-refractivity contribution in [3.63, 3.8) is 0 Å². The van der Waals surface area contributed by atoms with E-state index in [9.17, 15) is 0 Å². The Morgan fingerprint density at radius 1 is 1.05 bits per heavy atom. The highest BCUT2D eigenvalue weighted by Gasteiger charge is 2.24. The standard InChI is InChI=1S/C18H23ClN2/c1-3-17(20)18(15-11-7-8-12-16(15)19)21(2)13-14-9-5-4-6-10-14/h4-12,17-18H,3,13,20H2,1-2H3. The van der Waals surface area contributed by atoms with Crippen molar-refractivity contribution in [3.8, 4) is 0 Å². The van der Waals surface area contributed by atoms with Gasteiger partial charge in [-0.25, -0.2) is 0 Å². The number of hydrogen-bond acceptors (Lipinski definition) is 2. The highest BCUT2D eigenvalue weighted by molar-refractivity contribution is 6.31. The first kappa shape index (κ1) is 16.0. The van der Waals surface area contributed by atoms with E-state index in [1.165, 1.54) is 5.56 Å². The van der Waals surface area contributed by atoms with E-state index in [0.29, 0.717) is 0 Å². The fraction of sp³-hybridized carbons (Fsp3) is 0.333. The van der Waals surface area contributed by atoms with Gasteiger partial charge in [-0.3, -0.25) is 4.90 Å². The third-order valence-electron chi connectivity index (χ3n) is 3.85. The summed E-state index contributed by atoms with van der Waals surface area (Å²) in [4.78, 5) is 2.28. The molecule has 112 valence electrons. The quantitative estimate of drug-likeness (QED) is 0.864. The maximum atomic E-state index is 6.38. The summed E-state index contributed by atoms with van der Waals surface area (Å²) in [6.45, 7) is 2.97. The van der Waals surface area contributed by atoms with E-state index in [2.05, 4.69) is 49.2 Å². The monoisotopic (exact) mass is 302 g/mol. The summed E-state index contributed by atoms with van der Waals surface area (Å²) in [6.07, 6.45) is 0.912. The van der Waals surface area contributed by atoms with Crippen LogP contribution in [-0.2, 0) is 6.54 Å². The average Bonchev–Trinajstić information content (AvgIpc) is 2.50. The Labute approximate surface area is 132 Å². The van der Waals surface area contributed by atoms with Crippen molar-refractivity contribution < 1.29 is 0 Å². The molecule has 0 heterocycles. The zero-order valence-corrected chi connectivity index (χ0v) is 13.4. The molecule has 0 fully saturated rings. The van der Waals surface area contributed by atoms with E-state index in [4.69, 9.17) is 17.3 Å². The minimum absolute atomic E-state index is 0.0543. The molecule has 3 heteroatoms. The van der Waals surface area contributed by atoms with Gasteiger partial charge in [0.25, 0.3) is 0 Å². The first-order valence-corrected chi connectivity index (χ1v) is 7.75. The van der Waals surface area contributed by atoms with E-state index in [-0.39, 0.29) is 12.1 Å². The van der Waals surface area contributed by atoms with Crippen molar-refractivity contribution in [1.29, 1.82) is 0 Å². The van der Waals surface area contributed by atoms with Gasteiger partial charge in [-0.1, -0.05) is 67.1 Å². The number of nitrogens with two attached hydrogens (primary N) is 1. The molecule has 21 heavy (non-hydrogen) atoms. The molecule has 2 nitrogen and oxygen atoms in total. The summed E-state index contributed by atoms with van der Waals surface area (Å²) in [6, 6.07) is 18.6. The number of likely N-dealkylation sites (N-methyl/N-ethyl adjacent to an activating group) is 1. The topological polar surface area (TPSA) is 29.3 Å². The molecule has 0 aliphatic heterocycles. The molecule has 0 aliphatic carbocycles. The van der Waals surface area contributed by atoms with Gasteiger partial charge in [-0.05, 0) is 30.7 Å². The lowest BCUT2D eigenvalue weighted by atomic mass is 9.96. The van der Waals surface area contributed by atoms with Crippen LogP contribution in [0.4, 0.5) is 0 Å². The van der Waals surface area contributed by atoms with Crippen LogP contribution in [0.2, 0.25) is 5.02 Å². The lowest BCUT2D eigenvalue weighted by Gasteiger charge is -2.33. The third-order valence-corrected chi connectivity index (χ3v) is 4.19. The second-order valence-electron chi connectivity index (χ2n) is 5.44. The molecule has 0 radical (unpaired) electrons. The Morgan fingerprint density at radius 3 is 2.29 bits per heavy atom. The van der Waals surface area contributed by atoms with Crippen LogP contribution >= 0.6 is 11.6 Å². The van der Waals surface area contributed by atoms with Crippen molar-refractivity contribution >= 4 is 11.6 Å². The molecule has 0 bridgehead atoms. The van der Waals surface area contributed by atoms with E-state index in [1.54, 1.807) is 0 Å². The first-order chi connectivity index (χ1) is 10.1. The lowest BCUT2D eigenvalue weighted by Crippen LogP contribution is -2.38. The molecule has 0 saturated heterocycles. The molecular weight excluding hydrogens is 280 g/mol. The van der Waals surface area contributed by atoms with Crippen LogP contribution < -0.4 is 5.73 Å². The summed E-state index contributed by atoms with van der Waals surface area (Å²) in [5.41, 5.74) is 8.75. The Hall–Kier alpha value is -1.35. The smallest absolute Gasteiger partial charge is 0.0514 e. The maximum absolute atomic E-state index is 6.38. The fourth-order valence-corrected chi connectivity index (χ4v) is 2.95. The molecule has 0 spiro atoms. The predicted molar refractivity (Wildman–Crippen MR) is 90.4 cm³/mol. The van der Waals surface area contributed by atoms with E-state index in [0.717, 1.165) is 23.6 Å². The van der Waals surface area contributed by atoms with E-state index < -0.39 is 0 Å². The van der Waals surface area contributed by atoms with Gasteiger partial charge in [0.2, 0.25) is 0 Å². The molecule has 2 aromatic carbocycles. The number of halogens is 1. The van der Waals surface area contributed by atoms with E-state index >= 15 is 0 Å². The normalized spacial score (nSPS) is 14.1. The van der Waals surface area contributed by atoms with Crippen molar-refractivity contribution in [2.24, 2.45) is 5.73 Å². The SMILES string of the molecule is CCC(N)C(c1ccccc1Cl)N(C)Cc1ccccc1. The van der Waals surface area contributed by atoms with Gasteiger partial charge < -0.3 is 5.73 Å². The summed E-state index contributed by atoms with van der Waals surface area (Å²) in [5, 5.41) is 0.784. The van der Waals surface area contributed by atoms with Gasteiger partial charge in [0.1, 0.15) is 0 Å². The third kappa shape index (κ3) is 4.07. The molecule has 2 aromatic rings. The fourth-order valence-electron chi connectivity index (χ4n) is 2.70. The van der Waals surface area contributed by atoms with Gasteiger partial charge in [0, 0.05) is 17.6 Å². The average molecular weight is 303 g/mol. The summed E-state index contributed by atoms with van der Waals surface area (Å²) in [7, 11) is 2.11. The largest absolute Gasteiger partial charge is 0.326 e. The lowest BCUT2D eigenvalue weighted by molar-refractivity contribution is 0.202. The van der Waals surface area contributed by atoms with Crippen LogP contribution in [0.3, 0.4) is 0 Å². The number of benzene rings is 2. The number of nitrogens with zero attached hydrogens (tertiary/aromatic N) is 1. The second kappa shape index (κ2) is 7.60. The highest BCUT2D eigenvalue weighted by atomic mass is 35.5. The summed E-state index contributed by atoms with van der Waals surface area (Å²) < 4.78 is 0. The minimum atomic E-state index is 0.0543. The van der Waals surface area contributed by atoms with Crippen LogP contribution in [-0.4, -0.2) is 18.0 Å². The first-order valence-electron chi connectivity index (χ1n) is 7.37. The molecule has 2 N–H and O–H groups in total. The van der Waals surface area contributed by atoms with Crippen LogP contribution in [0.25, 0.3) is 0 Å². The Kier molecular flexibility index (Phi) is 5.80. The number of hydrogen-bond donors (Lipinski definition) is 1. The van der Waals surface area contributed by atoms with Crippen LogP contribution in [0.1, 0.15) is 30.5 Å². The predicted octanol–water partition coefficient (Wildman–Crippen LogP) is 4.25. The molecular formula is C18H23ClN2. The minimum Gasteiger partial charge on any atom is -0.326 e. The molecule has 2 atom stereocenters. The van der Waals surface area contributed by atoms with E-state index in [1.807, 2.05) is 24.3 Å². The molecule has 2 rings (SSSR count). The molecule has 0 aliphatic rings. The van der Waals surface area contributed by atoms with Crippen LogP contribution in [0.5, 0.6) is 0 Å². The van der Waals surface area contributed by atoms with Crippen molar-refractivity contribution in [3.05, 3.63) is 70.7 Å². The van der Waals surface area contributed by atoms with Crippen molar-refractivity contribution in [1.82, 2.24) is 4.90 Å². The number of rotatable bonds is 6. The molecule has 0 saturated carbocycles. The van der Waals surface area contributed by atoms with Gasteiger partial charge in [0.15, 0.2) is 0 Å². The molecule has 0 aromatic heterocycles. The molecule has 2 unspecified atom stereocenters. The maximum Gasteiger partial charge on any atom is 0.0514 e. The molecule has 0 amide bonds. The summed E-state index contributed by atoms with van der Waals surface area (Å²) in [5.74, 6) is 0. The Balaban J connectivity index is 2.26. The zero-order chi connectivity index (χ0) is 15.2.